The predicted octanol–water partition coefficient (Wildman–Crippen LogP) is 3.18. The first kappa shape index (κ1) is 20.8. The Morgan fingerprint density at radius 1 is 1.23 bits per heavy atom. The molecule has 3 N–H and O–H groups in total. The van der Waals surface area contributed by atoms with Gasteiger partial charge in [0, 0.05) is 30.9 Å². The van der Waals surface area contributed by atoms with Gasteiger partial charge in [-0.05, 0) is 54.7 Å². The van der Waals surface area contributed by atoms with Crippen LogP contribution in [0.3, 0.4) is 0 Å². The number of thiocarbonyl (C=S) groups is 1. The number of aromatic nitrogens is 2. The molecule has 1 amide bonds. The minimum absolute atomic E-state index is 0.0517. The molecular formula is C22H23N5O3S. The minimum Gasteiger partial charge on any atom is -0.495 e. The second-order valence-corrected chi connectivity index (χ2v) is 7.37. The molecule has 1 fully saturated rings. The highest BCUT2D eigenvalue weighted by atomic mass is 32.1. The largest absolute Gasteiger partial charge is 0.495 e. The molecule has 1 aliphatic rings. The minimum atomic E-state index is -0.271. The van der Waals surface area contributed by atoms with Crippen molar-refractivity contribution in [1.82, 2.24) is 15.3 Å². The summed E-state index contributed by atoms with van der Waals surface area (Å²) in [7, 11) is 3.03. The van der Waals surface area contributed by atoms with Gasteiger partial charge >= 0.3 is 0 Å². The van der Waals surface area contributed by atoms with E-state index < -0.39 is 0 Å². The van der Waals surface area contributed by atoms with E-state index in [4.69, 9.17) is 21.7 Å². The number of hydrogen-bond acceptors (Lipinski definition) is 5. The number of H-pyrrole nitrogens is 1. The molecular weight excluding hydrogens is 414 g/mol. The number of pyridine rings is 1. The number of benzene rings is 1. The number of hydrogen-bond donors (Lipinski definition) is 3. The lowest BCUT2D eigenvalue weighted by atomic mass is 10.0. The van der Waals surface area contributed by atoms with E-state index in [0.717, 1.165) is 17.1 Å². The Labute approximate surface area is 185 Å². The van der Waals surface area contributed by atoms with Crippen molar-refractivity contribution < 1.29 is 14.3 Å². The number of ether oxygens (including phenoxy) is 2. The van der Waals surface area contributed by atoms with Crippen LogP contribution in [0.4, 0.5) is 11.4 Å². The molecule has 1 aliphatic heterocycles. The number of aromatic amines is 1. The zero-order chi connectivity index (χ0) is 21.8. The van der Waals surface area contributed by atoms with Crippen molar-refractivity contribution >= 4 is 34.6 Å². The first-order chi connectivity index (χ1) is 15.1. The Morgan fingerprint density at radius 2 is 2.10 bits per heavy atom. The van der Waals surface area contributed by atoms with Crippen molar-refractivity contribution in [3.8, 4) is 5.75 Å². The number of rotatable bonds is 7. The summed E-state index contributed by atoms with van der Waals surface area (Å²) in [6, 6.07) is 15.0. The molecule has 0 bridgehead atoms. The van der Waals surface area contributed by atoms with Gasteiger partial charge in [0.15, 0.2) is 5.11 Å². The third kappa shape index (κ3) is 4.23. The summed E-state index contributed by atoms with van der Waals surface area (Å²) in [5.74, 6) is 0.274. The van der Waals surface area contributed by atoms with E-state index in [9.17, 15) is 4.79 Å². The van der Waals surface area contributed by atoms with Crippen LogP contribution >= 0.6 is 12.2 Å². The van der Waals surface area contributed by atoms with Gasteiger partial charge in [-0.15, -0.1) is 0 Å². The number of carbonyl (C=O) groups is 1. The highest BCUT2D eigenvalue weighted by Crippen LogP contribution is 2.42. The Bertz CT molecular complexity index is 1060. The number of methoxy groups -OCH3 is 2. The standard InChI is InChI=1S/C22H23N5O3S/c1-29-13-19(28)25-17-12-14(8-9-18(17)30-2)27-21(16-7-5-11-24-16)20(26-22(27)31)15-6-3-4-10-23-15/h3-12,20-21,24H,13H2,1-2H3,(H,25,28)(H,26,31)/t20-,21+/m1/s1. The topological polar surface area (TPSA) is 91.5 Å². The molecule has 0 spiro atoms. The van der Waals surface area contributed by atoms with E-state index >= 15 is 0 Å². The molecule has 1 saturated heterocycles. The fourth-order valence-electron chi connectivity index (χ4n) is 3.74. The summed E-state index contributed by atoms with van der Waals surface area (Å²) in [5.41, 5.74) is 3.22. The molecule has 9 heteroatoms. The third-order valence-corrected chi connectivity index (χ3v) is 5.36. The highest BCUT2D eigenvalue weighted by Gasteiger charge is 2.41. The van der Waals surface area contributed by atoms with Crippen LogP contribution in [0, 0.1) is 0 Å². The van der Waals surface area contributed by atoms with Crippen LogP contribution in [-0.4, -0.2) is 41.8 Å². The lowest BCUT2D eigenvalue weighted by Gasteiger charge is -2.27. The molecule has 3 heterocycles. The molecule has 0 saturated carbocycles. The first-order valence-electron chi connectivity index (χ1n) is 9.73. The first-order valence-corrected chi connectivity index (χ1v) is 10.1. The molecule has 160 valence electrons. The highest BCUT2D eigenvalue weighted by molar-refractivity contribution is 7.80. The van der Waals surface area contributed by atoms with Crippen molar-refractivity contribution in [2.24, 2.45) is 0 Å². The molecule has 2 atom stereocenters. The smallest absolute Gasteiger partial charge is 0.250 e. The number of anilines is 2. The molecule has 2 aromatic heterocycles. The molecule has 3 aromatic rings. The van der Waals surface area contributed by atoms with Gasteiger partial charge in [0.1, 0.15) is 18.4 Å². The summed E-state index contributed by atoms with van der Waals surface area (Å²) in [5, 5.41) is 6.80. The lowest BCUT2D eigenvalue weighted by Crippen LogP contribution is -2.29. The maximum atomic E-state index is 12.1. The molecule has 1 aromatic carbocycles. The summed E-state index contributed by atoms with van der Waals surface area (Å²) >= 11 is 5.72. The second-order valence-electron chi connectivity index (χ2n) is 6.99. The quantitative estimate of drug-likeness (QED) is 0.489. The third-order valence-electron chi connectivity index (χ3n) is 5.05. The van der Waals surface area contributed by atoms with Crippen molar-refractivity contribution in [2.75, 3.05) is 31.0 Å². The van der Waals surface area contributed by atoms with Crippen LogP contribution in [0.2, 0.25) is 0 Å². The van der Waals surface area contributed by atoms with Crippen LogP contribution in [0.5, 0.6) is 5.75 Å². The fraction of sp³-hybridized carbons (Fsp3) is 0.227. The van der Waals surface area contributed by atoms with Gasteiger partial charge in [-0.2, -0.15) is 0 Å². The summed E-state index contributed by atoms with van der Waals surface area (Å²) < 4.78 is 10.3. The van der Waals surface area contributed by atoms with Crippen LogP contribution in [0.25, 0.3) is 0 Å². The van der Waals surface area contributed by atoms with Crippen molar-refractivity contribution in [3.05, 3.63) is 72.3 Å². The average molecular weight is 438 g/mol. The molecule has 0 radical (unpaired) electrons. The molecule has 0 aliphatic carbocycles. The van der Waals surface area contributed by atoms with E-state index in [1.807, 2.05) is 53.6 Å². The number of nitrogens with one attached hydrogen (secondary N) is 3. The average Bonchev–Trinajstić information content (AvgIpc) is 3.42. The summed E-state index contributed by atoms with van der Waals surface area (Å²) in [6.07, 6.45) is 3.65. The van der Waals surface area contributed by atoms with E-state index in [0.29, 0.717) is 16.5 Å². The van der Waals surface area contributed by atoms with Crippen molar-refractivity contribution in [2.45, 2.75) is 12.1 Å². The van der Waals surface area contributed by atoms with E-state index in [2.05, 4.69) is 20.6 Å². The molecule has 8 nitrogen and oxygen atoms in total. The van der Waals surface area contributed by atoms with Gasteiger partial charge in [0.05, 0.1) is 24.5 Å². The zero-order valence-corrected chi connectivity index (χ0v) is 18.0. The molecule has 4 rings (SSSR count). The van der Waals surface area contributed by atoms with Gasteiger partial charge in [0.25, 0.3) is 0 Å². The maximum absolute atomic E-state index is 12.1. The fourth-order valence-corrected chi connectivity index (χ4v) is 4.08. The number of nitrogens with zero attached hydrogens (tertiary/aromatic N) is 2. The zero-order valence-electron chi connectivity index (χ0n) is 17.2. The van der Waals surface area contributed by atoms with E-state index in [1.165, 1.54) is 7.11 Å². The van der Waals surface area contributed by atoms with E-state index in [-0.39, 0.29) is 24.6 Å². The Morgan fingerprint density at radius 3 is 2.77 bits per heavy atom. The predicted molar refractivity (Wildman–Crippen MR) is 122 cm³/mol. The van der Waals surface area contributed by atoms with Gasteiger partial charge < -0.3 is 30.0 Å². The van der Waals surface area contributed by atoms with Gasteiger partial charge in [-0.3, -0.25) is 9.78 Å². The SMILES string of the molecule is COCC(=O)Nc1cc(N2C(=S)N[C@H](c3ccccn3)[C@@H]2c2ccc[nH]2)ccc1OC. The van der Waals surface area contributed by atoms with Gasteiger partial charge in [-0.1, -0.05) is 6.07 Å². The Balaban J connectivity index is 1.75. The Kier molecular flexibility index (Phi) is 6.15. The van der Waals surface area contributed by atoms with E-state index in [1.54, 1.807) is 19.4 Å². The van der Waals surface area contributed by atoms with Crippen LogP contribution in [-0.2, 0) is 9.53 Å². The second kappa shape index (κ2) is 9.15. The van der Waals surface area contributed by atoms with Crippen LogP contribution in [0.1, 0.15) is 23.5 Å². The Hall–Kier alpha value is -3.43. The monoisotopic (exact) mass is 437 g/mol. The van der Waals surface area contributed by atoms with Gasteiger partial charge in [-0.25, -0.2) is 0 Å². The lowest BCUT2D eigenvalue weighted by molar-refractivity contribution is -0.119. The van der Waals surface area contributed by atoms with Crippen LogP contribution in [0.15, 0.2) is 60.9 Å². The number of carbonyl (C=O) groups excluding carboxylic acids is 1. The summed E-state index contributed by atoms with van der Waals surface area (Å²) in [6.45, 7) is -0.0517. The summed E-state index contributed by atoms with van der Waals surface area (Å²) in [4.78, 5) is 22.0. The van der Waals surface area contributed by atoms with Crippen molar-refractivity contribution in [1.29, 1.82) is 0 Å². The number of amides is 1. The maximum Gasteiger partial charge on any atom is 0.250 e. The van der Waals surface area contributed by atoms with Gasteiger partial charge in [0.2, 0.25) is 5.91 Å². The van der Waals surface area contributed by atoms with Crippen molar-refractivity contribution in [3.63, 3.8) is 0 Å². The molecule has 0 unspecified atom stereocenters. The van der Waals surface area contributed by atoms with Crippen LogP contribution < -0.4 is 20.3 Å². The molecule has 31 heavy (non-hydrogen) atoms. The normalized spacial score (nSPS) is 18.0.